The van der Waals surface area contributed by atoms with Crippen molar-refractivity contribution >= 4 is 34.7 Å². The number of benzene rings is 1. The fourth-order valence-electron chi connectivity index (χ4n) is 3.85. The standard InChI is InChI=1S/C22H23Cl2FN4/c1-4-14(3)17-12-26-29-21(17)27-20(24)19(16-6-5-15(25)11-18(16)23)22(29)28-9-7-13(2)8-10-28/h4-6,11-14H,1,7-10H2,2-3H3. The van der Waals surface area contributed by atoms with Gasteiger partial charge in [-0.1, -0.05) is 43.1 Å². The van der Waals surface area contributed by atoms with Crippen LogP contribution in [-0.4, -0.2) is 27.7 Å². The highest BCUT2D eigenvalue weighted by molar-refractivity contribution is 6.36. The van der Waals surface area contributed by atoms with Crippen LogP contribution in [0.5, 0.6) is 0 Å². The van der Waals surface area contributed by atoms with Gasteiger partial charge in [-0.3, -0.25) is 0 Å². The van der Waals surface area contributed by atoms with Crippen LogP contribution < -0.4 is 4.90 Å². The zero-order chi connectivity index (χ0) is 20.7. The lowest BCUT2D eigenvalue weighted by molar-refractivity contribution is 0.435. The van der Waals surface area contributed by atoms with E-state index in [0.29, 0.717) is 32.9 Å². The van der Waals surface area contributed by atoms with Crippen LogP contribution in [0.1, 0.15) is 38.2 Å². The number of halogens is 3. The first-order valence-corrected chi connectivity index (χ1v) is 10.6. The lowest BCUT2D eigenvalue weighted by Gasteiger charge is -2.33. The van der Waals surface area contributed by atoms with E-state index in [1.807, 2.05) is 23.7 Å². The molecule has 1 saturated heterocycles. The summed E-state index contributed by atoms with van der Waals surface area (Å²) in [6.07, 6.45) is 5.83. The molecule has 1 fully saturated rings. The number of piperidine rings is 1. The predicted molar refractivity (Wildman–Crippen MR) is 118 cm³/mol. The molecule has 152 valence electrons. The number of rotatable bonds is 4. The number of aromatic nitrogens is 3. The maximum absolute atomic E-state index is 13.7. The molecule has 1 aliphatic rings. The number of nitrogens with zero attached hydrogens (tertiary/aromatic N) is 4. The zero-order valence-electron chi connectivity index (χ0n) is 16.5. The Morgan fingerprint density at radius 3 is 2.66 bits per heavy atom. The van der Waals surface area contributed by atoms with E-state index in [2.05, 4.69) is 28.5 Å². The first kappa shape index (κ1) is 20.2. The Labute approximate surface area is 180 Å². The summed E-state index contributed by atoms with van der Waals surface area (Å²) in [6.45, 7) is 9.97. The van der Waals surface area contributed by atoms with E-state index in [1.54, 1.807) is 6.07 Å². The average molecular weight is 433 g/mol. The molecule has 7 heteroatoms. The van der Waals surface area contributed by atoms with Gasteiger partial charge in [-0.2, -0.15) is 9.61 Å². The Hall–Kier alpha value is -2.11. The van der Waals surface area contributed by atoms with Crippen LogP contribution in [0.4, 0.5) is 10.2 Å². The molecule has 2 aromatic heterocycles. The van der Waals surface area contributed by atoms with Crippen molar-refractivity contribution in [2.45, 2.75) is 32.6 Å². The molecule has 3 heterocycles. The van der Waals surface area contributed by atoms with Gasteiger partial charge in [0, 0.05) is 30.1 Å². The molecule has 1 atom stereocenters. The third kappa shape index (κ3) is 3.62. The molecule has 4 nitrogen and oxygen atoms in total. The van der Waals surface area contributed by atoms with Gasteiger partial charge in [-0.25, -0.2) is 9.37 Å². The monoisotopic (exact) mass is 432 g/mol. The molecule has 0 spiro atoms. The van der Waals surface area contributed by atoms with Crippen molar-refractivity contribution in [3.63, 3.8) is 0 Å². The van der Waals surface area contributed by atoms with Crippen molar-refractivity contribution in [3.05, 3.63) is 58.6 Å². The Balaban J connectivity index is 2.00. The zero-order valence-corrected chi connectivity index (χ0v) is 18.0. The summed E-state index contributed by atoms with van der Waals surface area (Å²) in [5.74, 6) is 1.22. The van der Waals surface area contributed by atoms with E-state index in [9.17, 15) is 4.39 Å². The van der Waals surface area contributed by atoms with E-state index in [4.69, 9.17) is 23.2 Å². The highest BCUT2D eigenvalue weighted by Crippen LogP contribution is 2.42. The summed E-state index contributed by atoms with van der Waals surface area (Å²) in [4.78, 5) is 6.94. The number of hydrogen-bond acceptors (Lipinski definition) is 3. The van der Waals surface area contributed by atoms with Gasteiger partial charge in [0.15, 0.2) is 5.65 Å². The minimum Gasteiger partial charge on any atom is -0.356 e. The van der Waals surface area contributed by atoms with Crippen LogP contribution in [0.15, 0.2) is 37.1 Å². The molecule has 3 aromatic rings. The minimum atomic E-state index is -0.390. The van der Waals surface area contributed by atoms with Gasteiger partial charge in [-0.15, -0.1) is 6.58 Å². The van der Waals surface area contributed by atoms with E-state index in [1.165, 1.54) is 12.1 Å². The van der Waals surface area contributed by atoms with Crippen LogP contribution in [0.3, 0.4) is 0 Å². The third-order valence-corrected chi connectivity index (χ3v) is 6.32. The number of anilines is 1. The topological polar surface area (TPSA) is 33.4 Å². The minimum absolute atomic E-state index is 0.0885. The van der Waals surface area contributed by atoms with Gasteiger partial charge in [-0.05, 0) is 37.0 Å². The summed E-state index contributed by atoms with van der Waals surface area (Å²) in [5, 5.41) is 5.27. The van der Waals surface area contributed by atoms with E-state index in [0.717, 1.165) is 37.3 Å². The van der Waals surface area contributed by atoms with Crippen molar-refractivity contribution in [3.8, 4) is 11.1 Å². The van der Waals surface area contributed by atoms with Gasteiger partial charge in [0.1, 0.15) is 16.8 Å². The van der Waals surface area contributed by atoms with Crippen molar-refractivity contribution < 1.29 is 4.39 Å². The molecule has 0 bridgehead atoms. The highest BCUT2D eigenvalue weighted by atomic mass is 35.5. The fourth-order valence-corrected chi connectivity index (χ4v) is 4.38. The highest BCUT2D eigenvalue weighted by Gasteiger charge is 2.27. The second kappa shape index (κ2) is 7.96. The Kier molecular flexibility index (Phi) is 5.54. The van der Waals surface area contributed by atoms with E-state index in [-0.39, 0.29) is 5.92 Å². The lowest BCUT2D eigenvalue weighted by Crippen LogP contribution is -2.34. The Morgan fingerprint density at radius 2 is 2.00 bits per heavy atom. The van der Waals surface area contributed by atoms with Crippen molar-refractivity contribution in [2.24, 2.45) is 5.92 Å². The van der Waals surface area contributed by atoms with Crippen LogP contribution in [0.25, 0.3) is 16.8 Å². The normalized spacial score (nSPS) is 16.4. The molecule has 0 aliphatic carbocycles. The molecule has 0 radical (unpaired) electrons. The van der Waals surface area contributed by atoms with Crippen LogP contribution >= 0.6 is 23.2 Å². The maximum Gasteiger partial charge on any atom is 0.162 e. The van der Waals surface area contributed by atoms with E-state index >= 15 is 0 Å². The molecule has 1 aromatic carbocycles. The molecule has 0 amide bonds. The van der Waals surface area contributed by atoms with Crippen molar-refractivity contribution in [2.75, 3.05) is 18.0 Å². The second-order valence-corrected chi connectivity index (χ2v) is 8.52. The second-order valence-electron chi connectivity index (χ2n) is 7.75. The van der Waals surface area contributed by atoms with Gasteiger partial charge < -0.3 is 4.90 Å². The molecular weight excluding hydrogens is 410 g/mol. The van der Waals surface area contributed by atoms with E-state index < -0.39 is 5.82 Å². The summed E-state index contributed by atoms with van der Waals surface area (Å²) >= 11 is 13.1. The summed E-state index contributed by atoms with van der Waals surface area (Å²) in [6, 6.07) is 4.34. The Morgan fingerprint density at radius 1 is 1.28 bits per heavy atom. The Bertz CT molecular complexity index is 1070. The van der Waals surface area contributed by atoms with Crippen LogP contribution in [0.2, 0.25) is 10.2 Å². The third-order valence-electron chi connectivity index (χ3n) is 5.73. The van der Waals surface area contributed by atoms with Crippen molar-refractivity contribution in [1.29, 1.82) is 0 Å². The first-order chi connectivity index (χ1) is 13.9. The number of fused-ring (bicyclic) bond motifs is 1. The van der Waals surface area contributed by atoms with Crippen LogP contribution in [0, 0.1) is 11.7 Å². The molecule has 0 saturated carbocycles. The summed E-state index contributed by atoms with van der Waals surface area (Å²) in [7, 11) is 0. The molecule has 0 N–H and O–H groups in total. The van der Waals surface area contributed by atoms with Crippen LogP contribution in [-0.2, 0) is 0 Å². The quantitative estimate of drug-likeness (QED) is 0.354. The maximum atomic E-state index is 13.7. The molecule has 29 heavy (non-hydrogen) atoms. The molecule has 1 unspecified atom stereocenters. The van der Waals surface area contributed by atoms with Gasteiger partial charge >= 0.3 is 0 Å². The van der Waals surface area contributed by atoms with Gasteiger partial charge in [0.25, 0.3) is 0 Å². The largest absolute Gasteiger partial charge is 0.356 e. The molecule has 1 aliphatic heterocycles. The lowest BCUT2D eigenvalue weighted by atomic mass is 9.98. The fraction of sp³-hybridized carbons (Fsp3) is 0.364. The average Bonchev–Trinajstić information content (AvgIpc) is 3.11. The molecule has 4 rings (SSSR count). The number of hydrogen-bond donors (Lipinski definition) is 0. The number of allylic oxidation sites excluding steroid dienone is 1. The molecular formula is C22H23Cl2FN4. The van der Waals surface area contributed by atoms with Crippen molar-refractivity contribution in [1.82, 2.24) is 14.6 Å². The summed E-state index contributed by atoms with van der Waals surface area (Å²) in [5.41, 5.74) is 3.00. The first-order valence-electron chi connectivity index (χ1n) is 9.80. The van der Waals surface area contributed by atoms with Gasteiger partial charge in [0.05, 0.1) is 16.8 Å². The van der Waals surface area contributed by atoms with Gasteiger partial charge in [0.2, 0.25) is 0 Å². The smallest absolute Gasteiger partial charge is 0.162 e. The predicted octanol–water partition coefficient (Wildman–Crippen LogP) is 6.37. The summed E-state index contributed by atoms with van der Waals surface area (Å²) < 4.78 is 15.5. The SMILES string of the molecule is C=CC(C)c1cnn2c(N3CCC(C)CC3)c(-c3ccc(F)cc3Cl)c(Cl)nc12.